The number of carbonyl (C=O) groups is 1. The third kappa shape index (κ3) is 1.14. The summed E-state index contributed by atoms with van der Waals surface area (Å²) < 4.78 is 0. The fourth-order valence-corrected chi connectivity index (χ4v) is 1.50. The maximum Gasteiger partial charge on any atom is 0.218 e. The highest BCUT2D eigenvalue weighted by Gasteiger charge is 2.24. The van der Waals surface area contributed by atoms with E-state index in [0.29, 0.717) is 10.4 Å². The lowest BCUT2D eigenvalue weighted by Crippen LogP contribution is -2.37. The van der Waals surface area contributed by atoms with Crippen molar-refractivity contribution < 1.29 is 14.7 Å². The average molecular weight is 187 g/mol. The van der Waals surface area contributed by atoms with Gasteiger partial charge in [-0.1, -0.05) is 24.3 Å². The molecule has 0 aromatic heterocycles. The van der Waals surface area contributed by atoms with Crippen LogP contribution >= 0.6 is 0 Å². The van der Waals surface area contributed by atoms with Gasteiger partial charge in [0.2, 0.25) is 6.29 Å². The lowest BCUT2D eigenvalue weighted by Gasteiger charge is -2.09. The largest absolute Gasteiger partial charge is 0.510 e. The lowest BCUT2D eigenvalue weighted by atomic mass is 9.95. The zero-order valence-corrected chi connectivity index (χ0v) is 7.23. The van der Waals surface area contributed by atoms with Gasteiger partial charge in [-0.15, -0.1) is 0 Å². The highest BCUT2D eigenvalue weighted by molar-refractivity contribution is 6.18. The Hall–Kier alpha value is -1.90. The van der Waals surface area contributed by atoms with E-state index in [1.165, 1.54) is 12.4 Å². The Balaban J connectivity index is 2.84. The van der Waals surface area contributed by atoms with Gasteiger partial charge in [0.15, 0.2) is 5.78 Å². The van der Waals surface area contributed by atoms with Crippen molar-refractivity contribution in [2.24, 2.45) is 5.92 Å². The second kappa shape index (κ2) is 3.10. The second-order valence-electron chi connectivity index (χ2n) is 3.07. The molecular weight excluding hydrogens is 180 g/mol. The molecule has 0 amide bonds. The SMILES string of the molecule is O=[C]C1C(=O)C=c2ccccc2=C1O. The van der Waals surface area contributed by atoms with E-state index in [0.717, 1.165) is 0 Å². The number of hydrogen-bond acceptors (Lipinski definition) is 3. The molecule has 1 radical (unpaired) electrons. The van der Waals surface area contributed by atoms with E-state index in [1.807, 2.05) is 0 Å². The van der Waals surface area contributed by atoms with E-state index in [2.05, 4.69) is 0 Å². The Morgan fingerprint density at radius 3 is 2.71 bits per heavy atom. The van der Waals surface area contributed by atoms with Crippen molar-refractivity contribution in [3.63, 3.8) is 0 Å². The number of ketones is 1. The van der Waals surface area contributed by atoms with E-state index >= 15 is 0 Å². The predicted octanol–water partition coefficient (Wildman–Crippen LogP) is -0.558. The third-order valence-corrected chi connectivity index (χ3v) is 2.21. The summed E-state index contributed by atoms with van der Waals surface area (Å²) in [6.07, 6.45) is 2.88. The third-order valence-electron chi connectivity index (χ3n) is 2.21. The fourth-order valence-electron chi connectivity index (χ4n) is 1.50. The summed E-state index contributed by atoms with van der Waals surface area (Å²) >= 11 is 0. The molecule has 2 rings (SSSR count). The molecule has 0 saturated carbocycles. The molecular formula is C11H7O3. The topological polar surface area (TPSA) is 54.4 Å². The molecule has 14 heavy (non-hydrogen) atoms. The van der Waals surface area contributed by atoms with Gasteiger partial charge in [-0.3, -0.25) is 9.59 Å². The first kappa shape index (κ1) is 8.69. The zero-order chi connectivity index (χ0) is 10.1. The van der Waals surface area contributed by atoms with Crippen LogP contribution in [0.25, 0.3) is 11.8 Å². The Kier molecular flexibility index (Phi) is 1.93. The second-order valence-corrected chi connectivity index (χ2v) is 3.07. The highest BCUT2D eigenvalue weighted by atomic mass is 16.3. The van der Waals surface area contributed by atoms with Crippen LogP contribution in [0.1, 0.15) is 0 Å². The molecule has 0 aliphatic heterocycles. The van der Waals surface area contributed by atoms with Gasteiger partial charge in [0.25, 0.3) is 0 Å². The Morgan fingerprint density at radius 1 is 1.29 bits per heavy atom. The molecule has 69 valence electrons. The van der Waals surface area contributed by atoms with Crippen molar-refractivity contribution in [3.8, 4) is 0 Å². The Bertz CT molecular complexity index is 514. The van der Waals surface area contributed by atoms with Crippen LogP contribution in [0.2, 0.25) is 0 Å². The molecule has 1 aromatic rings. The van der Waals surface area contributed by atoms with Crippen LogP contribution in [0.4, 0.5) is 0 Å². The van der Waals surface area contributed by atoms with Crippen LogP contribution in [-0.2, 0) is 9.59 Å². The Morgan fingerprint density at radius 2 is 2.00 bits per heavy atom. The van der Waals surface area contributed by atoms with Gasteiger partial charge < -0.3 is 5.11 Å². The quantitative estimate of drug-likeness (QED) is 0.600. The van der Waals surface area contributed by atoms with Gasteiger partial charge >= 0.3 is 0 Å². The summed E-state index contributed by atoms with van der Waals surface area (Å²) in [7, 11) is 0. The first-order valence-corrected chi connectivity index (χ1v) is 4.15. The minimum atomic E-state index is -1.15. The molecule has 0 saturated heterocycles. The number of carbonyl (C=O) groups excluding carboxylic acids is 2. The normalized spacial score (nSPS) is 19.9. The van der Waals surface area contributed by atoms with Gasteiger partial charge in [-0.25, -0.2) is 0 Å². The van der Waals surface area contributed by atoms with E-state index in [1.54, 1.807) is 24.3 Å². The summed E-state index contributed by atoms with van der Waals surface area (Å²) in [6.45, 7) is 0. The van der Waals surface area contributed by atoms with E-state index < -0.39 is 11.7 Å². The minimum absolute atomic E-state index is 0.205. The highest BCUT2D eigenvalue weighted by Crippen LogP contribution is 2.08. The number of aliphatic hydroxyl groups is 1. The predicted molar refractivity (Wildman–Crippen MR) is 50.4 cm³/mol. The first-order chi connectivity index (χ1) is 6.74. The number of rotatable bonds is 1. The van der Waals surface area contributed by atoms with Crippen molar-refractivity contribution in [2.45, 2.75) is 0 Å². The van der Waals surface area contributed by atoms with Crippen LogP contribution in [0.3, 0.4) is 0 Å². The summed E-state index contributed by atoms with van der Waals surface area (Å²) in [4.78, 5) is 21.7. The van der Waals surface area contributed by atoms with Gasteiger partial charge in [-0.05, 0) is 11.3 Å². The van der Waals surface area contributed by atoms with Crippen molar-refractivity contribution in [1.82, 2.24) is 0 Å². The number of benzene rings is 1. The van der Waals surface area contributed by atoms with Crippen LogP contribution in [-0.4, -0.2) is 17.2 Å². The van der Waals surface area contributed by atoms with Crippen LogP contribution in [0.5, 0.6) is 0 Å². The maximum absolute atomic E-state index is 11.3. The number of aliphatic hydroxyl groups excluding tert-OH is 1. The molecule has 1 unspecified atom stereocenters. The summed E-state index contributed by atoms with van der Waals surface area (Å²) in [5.41, 5.74) is 0. The molecule has 3 nitrogen and oxygen atoms in total. The van der Waals surface area contributed by atoms with Crippen molar-refractivity contribution >= 4 is 23.9 Å². The standard InChI is InChI=1S/C11H7O3/c12-6-9-10(13)5-7-3-1-2-4-8(7)11(9)14/h1-5,9,14H. The zero-order valence-electron chi connectivity index (χ0n) is 7.23. The molecule has 1 aliphatic carbocycles. The van der Waals surface area contributed by atoms with Gasteiger partial charge in [0.1, 0.15) is 11.7 Å². The first-order valence-electron chi connectivity index (χ1n) is 4.15. The van der Waals surface area contributed by atoms with Crippen molar-refractivity contribution in [1.29, 1.82) is 0 Å². The average Bonchev–Trinajstić information content (AvgIpc) is 2.18. The van der Waals surface area contributed by atoms with Crippen molar-refractivity contribution in [2.75, 3.05) is 0 Å². The summed E-state index contributed by atoms with van der Waals surface area (Å²) in [5.74, 6) is -1.77. The molecule has 0 heterocycles. The number of fused-ring (bicyclic) bond motifs is 1. The minimum Gasteiger partial charge on any atom is -0.510 e. The molecule has 1 aliphatic rings. The molecule has 1 N–H and O–H groups in total. The Labute approximate surface area is 80.0 Å². The molecule has 0 bridgehead atoms. The van der Waals surface area contributed by atoms with Crippen LogP contribution < -0.4 is 10.4 Å². The van der Waals surface area contributed by atoms with Crippen LogP contribution in [0, 0.1) is 5.92 Å². The summed E-state index contributed by atoms with van der Waals surface area (Å²) in [5, 5.41) is 10.8. The van der Waals surface area contributed by atoms with Gasteiger partial charge in [0.05, 0.1) is 0 Å². The van der Waals surface area contributed by atoms with Crippen molar-refractivity contribution in [3.05, 3.63) is 34.7 Å². The van der Waals surface area contributed by atoms with E-state index in [9.17, 15) is 14.7 Å². The molecule has 1 atom stereocenters. The van der Waals surface area contributed by atoms with E-state index in [-0.39, 0.29) is 5.76 Å². The van der Waals surface area contributed by atoms with Gasteiger partial charge in [0, 0.05) is 5.22 Å². The van der Waals surface area contributed by atoms with Gasteiger partial charge in [-0.2, -0.15) is 0 Å². The smallest absolute Gasteiger partial charge is 0.218 e. The molecule has 0 spiro atoms. The fraction of sp³-hybridized carbons (Fsp3) is 0.0909. The summed E-state index contributed by atoms with van der Waals surface area (Å²) in [6, 6.07) is 6.88. The number of hydrogen-bond donors (Lipinski definition) is 1. The van der Waals surface area contributed by atoms with E-state index in [4.69, 9.17) is 0 Å². The lowest BCUT2D eigenvalue weighted by molar-refractivity contribution is -0.114. The number of Topliss-reactive ketones (excluding diaryl/α,β-unsaturated/α-hetero) is 1. The molecule has 3 heteroatoms. The monoisotopic (exact) mass is 187 g/mol. The molecule has 1 aromatic carbocycles. The van der Waals surface area contributed by atoms with Crippen LogP contribution in [0.15, 0.2) is 24.3 Å². The molecule has 0 fully saturated rings. The maximum atomic E-state index is 11.3.